The highest BCUT2D eigenvalue weighted by Gasteiger charge is 2.24. The number of hydrogen-bond acceptors (Lipinski definition) is 3. The normalized spacial score (nSPS) is 21.0. The van der Waals surface area contributed by atoms with Crippen molar-refractivity contribution in [3.8, 4) is 0 Å². The van der Waals surface area contributed by atoms with Gasteiger partial charge in [0.25, 0.3) is 0 Å². The van der Waals surface area contributed by atoms with Crippen LogP contribution >= 0.6 is 27.7 Å². The molecule has 0 amide bonds. The second kappa shape index (κ2) is 6.06. The van der Waals surface area contributed by atoms with Gasteiger partial charge in [0, 0.05) is 28.1 Å². The van der Waals surface area contributed by atoms with Crippen molar-refractivity contribution in [1.29, 1.82) is 0 Å². The molecule has 0 bridgehead atoms. The van der Waals surface area contributed by atoms with Crippen LogP contribution in [0, 0.1) is 0 Å². The smallest absolute Gasteiger partial charge is 0.0762 e. The second-order valence-corrected chi connectivity index (χ2v) is 8.39. The maximum absolute atomic E-state index is 9.63. The molecule has 1 aromatic carbocycles. The summed E-state index contributed by atoms with van der Waals surface area (Å²) in [5, 5.41) is 9.63. The number of anilines is 1. The van der Waals surface area contributed by atoms with E-state index in [4.69, 9.17) is 0 Å². The maximum Gasteiger partial charge on any atom is 0.0762 e. The molecule has 1 aliphatic heterocycles. The molecule has 0 unspecified atom stereocenters. The van der Waals surface area contributed by atoms with E-state index in [1.54, 1.807) is 6.92 Å². The van der Waals surface area contributed by atoms with Gasteiger partial charge in [-0.15, -0.1) is 0 Å². The molecule has 1 aromatic rings. The van der Waals surface area contributed by atoms with Crippen molar-refractivity contribution in [3.05, 3.63) is 28.2 Å². The number of aliphatic hydroxyl groups excluding tert-OH is 1. The van der Waals surface area contributed by atoms with Gasteiger partial charge >= 0.3 is 0 Å². The molecule has 1 aliphatic rings. The van der Waals surface area contributed by atoms with Crippen molar-refractivity contribution in [2.45, 2.75) is 38.0 Å². The Morgan fingerprint density at radius 2 is 2.11 bits per heavy atom. The summed E-state index contributed by atoms with van der Waals surface area (Å²) in [4.78, 5) is 2.44. The van der Waals surface area contributed by atoms with Gasteiger partial charge < -0.3 is 10.0 Å². The second-order valence-electron chi connectivity index (χ2n) is 5.73. The van der Waals surface area contributed by atoms with E-state index in [1.807, 2.05) is 12.1 Å². The van der Waals surface area contributed by atoms with Crippen LogP contribution < -0.4 is 4.90 Å². The van der Waals surface area contributed by atoms with Gasteiger partial charge in [-0.3, -0.25) is 0 Å². The zero-order chi connectivity index (χ0) is 14.0. The fourth-order valence-electron chi connectivity index (χ4n) is 2.30. The summed E-state index contributed by atoms with van der Waals surface area (Å²) >= 11 is 5.70. The molecule has 4 heteroatoms. The Hall–Kier alpha value is -0.190. The first-order valence-electron chi connectivity index (χ1n) is 6.75. The zero-order valence-electron chi connectivity index (χ0n) is 11.8. The molecule has 1 N–H and O–H groups in total. The molecule has 0 spiro atoms. The summed E-state index contributed by atoms with van der Waals surface area (Å²) in [6.45, 7) is 8.62. The minimum Gasteiger partial charge on any atom is -0.389 e. The molecular weight excluding hydrogens is 322 g/mol. The van der Waals surface area contributed by atoms with Crippen molar-refractivity contribution in [1.82, 2.24) is 0 Å². The number of nitrogens with zero attached hydrogens (tertiary/aromatic N) is 1. The van der Waals surface area contributed by atoms with Crippen LogP contribution in [-0.4, -0.2) is 28.7 Å². The van der Waals surface area contributed by atoms with Crippen molar-refractivity contribution in [2.75, 3.05) is 23.7 Å². The lowest BCUT2D eigenvalue weighted by Crippen LogP contribution is -2.27. The van der Waals surface area contributed by atoms with Gasteiger partial charge in [-0.1, -0.05) is 19.9 Å². The predicted octanol–water partition coefficient (Wildman–Crippen LogP) is 4.22. The Bertz CT molecular complexity index is 448. The topological polar surface area (TPSA) is 23.5 Å². The van der Waals surface area contributed by atoms with E-state index < -0.39 is 6.10 Å². The Balaban J connectivity index is 2.18. The van der Waals surface area contributed by atoms with E-state index in [2.05, 4.69) is 52.5 Å². The molecule has 0 aliphatic carbocycles. The molecule has 1 heterocycles. The van der Waals surface area contributed by atoms with Crippen molar-refractivity contribution in [3.63, 3.8) is 0 Å². The standard InChI is InChI=1S/C15H22BrNOS/c1-11(18)12-4-5-14(13(16)10-12)17-7-6-15(2,3)19-9-8-17/h4-5,10-11,18H,6-9H2,1-3H3/t11-/m1/s1. The van der Waals surface area contributed by atoms with Gasteiger partial charge in [-0.2, -0.15) is 11.8 Å². The van der Waals surface area contributed by atoms with Crippen LogP contribution in [0.15, 0.2) is 22.7 Å². The summed E-state index contributed by atoms with van der Waals surface area (Å²) in [5.41, 5.74) is 2.20. The number of aliphatic hydroxyl groups is 1. The average molecular weight is 344 g/mol. The van der Waals surface area contributed by atoms with Gasteiger partial charge in [0.1, 0.15) is 0 Å². The highest BCUT2D eigenvalue weighted by atomic mass is 79.9. The number of hydrogen-bond donors (Lipinski definition) is 1. The molecule has 0 aromatic heterocycles. The molecule has 19 heavy (non-hydrogen) atoms. The lowest BCUT2D eigenvalue weighted by atomic mass is 10.1. The highest BCUT2D eigenvalue weighted by Crippen LogP contribution is 2.35. The summed E-state index contributed by atoms with van der Waals surface area (Å²) in [6, 6.07) is 6.17. The predicted molar refractivity (Wildman–Crippen MR) is 88.1 cm³/mol. The van der Waals surface area contributed by atoms with Gasteiger partial charge in [0.15, 0.2) is 0 Å². The first kappa shape index (κ1) is 15.2. The Labute approximate surface area is 128 Å². The molecule has 2 rings (SSSR count). The zero-order valence-corrected chi connectivity index (χ0v) is 14.2. The van der Waals surface area contributed by atoms with Crippen LogP contribution in [-0.2, 0) is 0 Å². The van der Waals surface area contributed by atoms with Gasteiger partial charge in [0.05, 0.1) is 11.8 Å². The minimum absolute atomic E-state index is 0.376. The van der Waals surface area contributed by atoms with Crippen molar-refractivity contribution >= 4 is 33.4 Å². The molecule has 1 saturated heterocycles. The fraction of sp³-hybridized carbons (Fsp3) is 0.600. The maximum atomic E-state index is 9.63. The third kappa shape index (κ3) is 3.89. The van der Waals surface area contributed by atoms with E-state index in [0.717, 1.165) is 28.9 Å². The number of thioether (sulfide) groups is 1. The van der Waals surface area contributed by atoms with Crippen molar-refractivity contribution < 1.29 is 5.11 Å². The van der Waals surface area contributed by atoms with Crippen molar-refractivity contribution in [2.24, 2.45) is 0 Å². The molecule has 1 fully saturated rings. The van der Waals surface area contributed by atoms with E-state index in [0.29, 0.717) is 4.75 Å². The molecule has 0 radical (unpaired) electrons. The Morgan fingerprint density at radius 3 is 2.74 bits per heavy atom. The average Bonchev–Trinajstić information content (AvgIpc) is 2.50. The molecule has 106 valence electrons. The van der Waals surface area contributed by atoms with Gasteiger partial charge in [-0.25, -0.2) is 0 Å². The third-order valence-electron chi connectivity index (χ3n) is 3.63. The van der Waals surface area contributed by atoms with Gasteiger partial charge in [-0.05, 0) is 47.0 Å². The Morgan fingerprint density at radius 1 is 1.37 bits per heavy atom. The number of benzene rings is 1. The van der Waals surface area contributed by atoms with Crippen LogP contribution in [0.25, 0.3) is 0 Å². The van der Waals surface area contributed by atoms with Crippen LogP contribution in [0.2, 0.25) is 0 Å². The Kier molecular flexibility index (Phi) is 4.85. The van der Waals surface area contributed by atoms with E-state index in [9.17, 15) is 5.11 Å². The number of halogens is 1. The van der Waals surface area contributed by atoms with Crippen LogP contribution in [0.5, 0.6) is 0 Å². The van der Waals surface area contributed by atoms with E-state index in [1.165, 1.54) is 12.1 Å². The quantitative estimate of drug-likeness (QED) is 0.869. The monoisotopic (exact) mass is 343 g/mol. The summed E-state index contributed by atoms with van der Waals surface area (Å²) in [7, 11) is 0. The lowest BCUT2D eigenvalue weighted by molar-refractivity contribution is 0.199. The summed E-state index contributed by atoms with van der Waals surface area (Å²) in [5.74, 6) is 1.16. The largest absolute Gasteiger partial charge is 0.389 e. The van der Waals surface area contributed by atoms with Crippen LogP contribution in [0.3, 0.4) is 0 Å². The van der Waals surface area contributed by atoms with E-state index >= 15 is 0 Å². The first-order chi connectivity index (χ1) is 8.89. The first-order valence-corrected chi connectivity index (χ1v) is 8.53. The summed E-state index contributed by atoms with van der Waals surface area (Å²) < 4.78 is 1.46. The SMILES string of the molecule is C[C@@H](O)c1ccc(N2CCSC(C)(C)CC2)c(Br)c1. The lowest BCUT2D eigenvalue weighted by Gasteiger charge is -2.25. The highest BCUT2D eigenvalue weighted by molar-refractivity contribution is 9.10. The van der Waals surface area contributed by atoms with E-state index in [-0.39, 0.29) is 0 Å². The van der Waals surface area contributed by atoms with Crippen LogP contribution in [0.4, 0.5) is 5.69 Å². The fourth-order valence-corrected chi connectivity index (χ4v) is 4.05. The number of rotatable bonds is 2. The van der Waals surface area contributed by atoms with Gasteiger partial charge in [0.2, 0.25) is 0 Å². The third-order valence-corrected chi connectivity index (χ3v) is 5.64. The molecular formula is C15H22BrNOS. The van der Waals surface area contributed by atoms with Crippen LogP contribution in [0.1, 0.15) is 38.9 Å². The molecule has 1 atom stereocenters. The molecule has 2 nitrogen and oxygen atoms in total. The summed E-state index contributed by atoms with van der Waals surface area (Å²) in [6.07, 6.45) is 0.784. The molecule has 0 saturated carbocycles. The minimum atomic E-state index is -0.413.